The monoisotopic (exact) mass is 308 g/mol. The minimum atomic E-state index is 0.391. The zero-order valence-electron chi connectivity index (χ0n) is 11.0. The van der Waals surface area contributed by atoms with E-state index in [9.17, 15) is 0 Å². The summed E-state index contributed by atoms with van der Waals surface area (Å²) in [5.41, 5.74) is 3.06. The van der Waals surface area contributed by atoms with Crippen molar-refractivity contribution < 1.29 is 0 Å². The quantitative estimate of drug-likeness (QED) is 0.854. The minimum Gasteiger partial charge on any atom is -0.367 e. The highest BCUT2D eigenvalue weighted by molar-refractivity contribution is 9.10. The van der Waals surface area contributed by atoms with E-state index >= 15 is 0 Å². The molecule has 0 amide bonds. The van der Waals surface area contributed by atoms with E-state index in [0.717, 1.165) is 19.6 Å². The molecule has 1 saturated carbocycles. The van der Waals surface area contributed by atoms with Gasteiger partial charge in [0.05, 0.1) is 5.69 Å². The van der Waals surface area contributed by atoms with E-state index in [1.54, 1.807) is 0 Å². The van der Waals surface area contributed by atoms with Crippen molar-refractivity contribution >= 4 is 21.6 Å². The van der Waals surface area contributed by atoms with Crippen LogP contribution in [0.4, 0.5) is 5.69 Å². The first-order valence-corrected chi connectivity index (χ1v) is 7.74. The summed E-state index contributed by atoms with van der Waals surface area (Å²) in [4.78, 5) is 2.55. The van der Waals surface area contributed by atoms with Crippen molar-refractivity contribution in [2.24, 2.45) is 0 Å². The fraction of sp³-hybridized carbons (Fsp3) is 0.600. The summed E-state index contributed by atoms with van der Waals surface area (Å²) >= 11 is 3.72. The number of rotatable bonds is 1. The minimum absolute atomic E-state index is 0.391. The van der Waals surface area contributed by atoms with E-state index in [4.69, 9.17) is 0 Å². The second-order valence-electron chi connectivity index (χ2n) is 5.79. The van der Waals surface area contributed by atoms with Gasteiger partial charge in [0.2, 0.25) is 0 Å². The van der Waals surface area contributed by atoms with Gasteiger partial charge in [-0.2, -0.15) is 0 Å². The first kappa shape index (κ1) is 12.5. The Kier molecular flexibility index (Phi) is 3.37. The second-order valence-corrected chi connectivity index (χ2v) is 6.64. The van der Waals surface area contributed by atoms with Crippen molar-refractivity contribution in [1.82, 2.24) is 5.32 Å². The molecule has 0 bridgehead atoms. The number of hydrogen-bond donors (Lipinski definition) is 1. The lowest BCUT2D eigenvalue weighted by Crippen LogP contribution is -2.59. The first-order valence-electron chi connectivity index (χ1n) is 6.95. The van der Waals surface area contributed by atoms with Crippen molar-refractivity contribution in [1.29, 1.82) is 0 Å². The maximum absolute atomic E-state index is 3.77. The molecule has 1 N–H and O–H groups in total. The molecule has 0 aromatic heterocycles. The maximum Gasteiger partial charge on any atom is 0.0511 e. The molecule has 1 aromatic carbocycles. The molecule has 2 aliphatic rings. The third-order valence-corrected chi connectivity index (χ3v) is 5.01. The van der Waals surface area contributed by atoms with Gasteiger partial charge in [-0.3, -0.25) is 0 Å². The molecule has 1 spiro atoms. The summed E-state index contributed by atoms with van der Waals surface area (Å²) in [6.45, 7) is 5.53. The van der Waals surface area contributed by atoms with Crippen LogP contribution in [0.3, 0.4) is 0 Å². The molecule has 3 rings (SSSR count). The van der Waals surface area contributed by atoms with Crippen LogP contribution in [-0.2, 0) is 0 Å². The van der Waals surface area contributed by atoms with Crippen LogP contribution in [-0.4, -0.2) is 25.2 Å². The maximum atomic E-state index is 3.77. The molecule has 0 atom stereocenters. The number of nitrogens with one attached hydrogen (secondary N) is 1. The predicted octanol–water partition coefficient (Wildman–Crippen LogP) is 3.48. The molecule has 3 heteroatoms. The second kappa shape index (κ2) is 4.86. The smallest absolute Gasteiger partial charge is 0.0511 e. The van der Waals surface area contributed by atoms with Gasteiger partial charge in [-0.25, -0.2) is 0 Å². The summed E-state index contributed by atoms with van der Waals surface area (Å²) in [7, 11) is 0. The summed E-state index contributed by atoms with van der Waals surface area (Å²) in [6.07, 6.45) is 5.45. The SMILES string of the molecule is Cc1ccc(N2CCNC3(CCCC3)C2)c(Br)c1. The van der Waals surface area contributed by atoms with E-state index in [2.05, 4.69) is 51.3 Å². The highest BCUT2D eigenvalue weighted by Gasteiger charge is 2.37. The highest BCUT2D eigenvalue weighted by Crippen LogP contribution is 2.35. The lowest BCUT2D eigenvalue weighted by Gasteiger charge is -2.43. The summed E-state index contributed by atoms with van der Waals surface area (Å²) < 4.78 is 1.23. The van der Waals surface area contributed by atoms with Gasteiger partial charge in [-0.15, -0.1) is 0 Å². The molecule has 0 unspecified atom stereocenters. The molecule has 1 aromatic rings. The molecule has 18 heavy (non-hydrogen) atoms. The van der Waals surface area contributed by atoms with Crippen LogP contribution >= 0.6 is 15.9 Å². The number of anilines is 1. The van der Waals surface area contributed by atoms with Crippen LogP contribution in [0.5, 0.6) is 0 Å². The van der Waals surface area contributed by atoms with E-state index in [-0.39, 0.29) is 0 Å². The summed E-state index contributed by atoms with van der Waals surface area (Å²) in [6, 6.07) is 6.69. The molecule has 1 aliphatic carbocycles. The molecular weight excluding hydrogens is 288 g/mol. The van der Waals surface area contributed by atoms with E-state index < -0.39 is 0 Å². The number of halogens is 1. The molecule has 2 nitrogen and oxygen atoms in total. The fourth-order valence-corrected chi connectivity index (χ4v) is 4.16. The van der Waals surface area contributed by atoms with Crippen LogP contribution < -0.4 is 10.2 Å². The Hall–Kier alpha value is -0.540. The van der Waals surface area contributed by atoms with Gasteiger partial charge in [-0.05, 0) is 53.4 Å². The lowest BCUT2D eigenvalue weighted by atomic mass is 9.94. The molecular formula is C15H21BrN2. The van der Waals surface area contributed by atoms with E-state index in [1.165, 1.54) is 41.4 Å². The van der Waals surface area contributed by atoms with Crippen molar-refractivity contribution in [3.05, 3.63) is 28.2 Å². The first-order chi connectivity index (χ1) is 8.69. The van der Waals surface area contributed by atoms with Gasteiger partial charge in [-0.1, -0.05) is 18.9 Å². The average Bonchev–Trinajstić information content (AvgIpc) is 2.77. The Bertz CT molecular complexity index is 438. The Morgan fingerprint density at radius 3 is 2.78 bits per heavy atom. The number of aryl methyl sites for hydroxylation is 1. The Morgan fingerprint density at radius 1 is 1.28 bits per heavy atom. The fourth-order valence-electron chi connectivity index (χ4n) is 3.42. The van der Waals surface area contributed by atoms with Gasteiger partial charge in [0, 0.05) is 29.6 Å². The number of piperazine rings is 1. The van der Waals surface area contributed by atoms with Gasteiger partial charge in [0.15, 0.2) is 0 Å². The molecule has 1 heterocycles. The number of benzene rings is 1. The zero-order chi connectivity index (χ0) is 12.6. The van der Waals surface area contributed by atoms with E-state index in [0.29, 0.717) is 5.54 Å². The standard InChI is InChI=1S/C15H21BrN2/c1-12-4-5-14(13(16)10-12)18-9-8-17-15(11-18)6-2-3-7-15/h4-5,10,17H,2-3,6-9,11H2,1H3. The van der Waals surface area contributed by atoms with Gasteiger partial charge in [0.1, 0.15) is 0 Å². The van der Waals surface area contributed by atoms with Gasteiger partial charge >= 0.3 is 0 Å². The Morgan fingerprint density at radius 2 is 2.06 bits per heavy atom. The van der Waals surface area contributed by atoms with Crippen molar-refractivity contribution in [2.45, 2.75) is 38.1 Å². The third kappa shape index (κ3) is 2.30. The van der Waals surface area contributed by atoms with Gasteiger partial charge < -0.3 is 10.2 Å². The van der Waals surface area contributed by atoms with Crippen LogP contribution in [0.15, 0.2) is 22.7 Å². The van der Waals surface area contributed by atoms with Crippen molar-refractivity contribution in [2.75, 3.05) is 24.5 Å². The molecule has 98 valence electrons. The number of nitrogens with zero attached hydrogens (tertiary/aromatic N) is 1. The van der Waals surface area contributed by atoms with Crippen LogP contribution in [0.2, 0.25) is 0 Å². The Balaban J connectivity index is 1.83. The van der Waals surface area contributed by atoms with Crippen molar-refractivity contribution in [3.8, 4) is 0 Å². The number of hydrogen-bond acceptors (Lipinski definition) is 2. The largest absolute Gasteiger partial charge is 0.367 e. The van der Waals surface area contributed by atoms with E-state index in [1.807, 2.05) is 0 Å². The van der Waals surface area contributed by atoms with Crippen LogP contribution in [0, 0.1) is 6.92 Å². The van der Waals surface area contributed by atoms with Crippen LogP contribution in [0.1, 0.15) is 31.2 Å². The third-order valence-electron chi connectivity index (χ3n) is 4.38. The van der Waals surface area contributed by atoms with Gasteiger partial charge in [0.25, 0.3) is 0 Å². The predicted molar refractivity (Wildman–Crippen MR) is 80.3 cm³/mol. The molecule has 0 radical (unpaired) electrons. The van der Waals surface area contributed by atoms with Crippen LogP contribution in [0.25, 0.3) is 0 Å². The zero-order valence-corrected chi connectivity index (χ0v) is 12.6. The molecule has 2 fully saturated rings. The normalized spacial score (nSPS) is 22.7. The summed E-state index contributed by atoms with van der Waals surface area (Å²) in [5.74, 6) is 0. The van der Waals surface area contributed by atoms with Crippen molar-refractivity contribution in [3.63, 3.8) is 0 Å². The lowest BCUT2D eigenvalue weighted by molar-refractivity contribution is 0.304. The molecule has 1 aliphatic heterocycles. The summed E-state index contributed by atoms with van der Waals surface area (Å²) in [5, 5.41) is 3.77. The molecule has 1 saturated heterocycles. The highest BCUT2D eigenvalue weighted by atomic mass is 79.9. The topological polar surface area (TPSA) is 15.3 Å². The average molecular weight is 309 g/mol. The Labute approximate surface area is 118 Å².